The van der Waals surface area contributed by atoms with E-state index in [2.05, 4.69) is 14.7 Å². The van der Waals surface area contributed by atoms with E-state index in [1.165, 1.54) is 6.07 Å². The summed E-state index contributed by atoms with van der Waals surface area (Å²) in [5.41, 5.74) is -0.298. The van der Waals surface area contributed by atoms with Gasteiger partial charge in [-0.05, 0) is 24.3 Å². The normalized spacial score (nSPS) is 15.4. The maximum absolute atomic E-state index is 13.4. The maximum atomic E-state index is 13.4. The molecule has 7 nitrogen and oxygen atoms in total. The van der Waals surface area contributed by atoms with Crippen LogP contribution in [0.5, 0.6) is 0 Å². The zero-order chi connectivity index (χ0) is 21.4. The Morgan fingerprint density at radius 3 is 2.20 bits per heavy atom. The van der Waals surface area contributed by atoms with Crippen molar-refractivity contribution >= 4 is 32.7 Å². The first-order valence-corrected chi connectivity index (χ1v) is 10.5. The molecule has 0 atom stereocenters. The zero-order valence-corrected chi connectivity index (χ0v) is 16.4. The molecule has 158 valence electrons. The number of hydrogen-bond donors (Lipinski definition) is 1. The second kappa shape index (κ2) is 7.73. The summed E-state index contributed by atoms with van der Waals surface area (Å²) in [6.07, 6.45) is -4.83. The molecule has 2 heterocycles. The molecule has 1 aromatic heterocycles. The van der Waals surface area contributed by atoms with Crippen LogP contribution in [-0.4, -0.2) is 44.7 Å². The standard InChI is InChI=1S/C19H17F3N4O3S/c20-19(21,22)13-5-1-4-8-16(13)30(27,28)25-17-18(26-9-11-29-12-10-26)24-15-7-3-2-6-14(15)23-17/h1-8H,9-12H2,(H,23,25). The summed E-state index contributed by atoms with van der Waals surface area (Å²) in [6, 6.07) is 10.9. The number of ether oxygens (including phenoxy) is 1. The van der Waals surface area contributed by atoms with Gasteiger partial charge in [0.2, 0.25) is 0 Å². The number of nitrogens with zero attached hydrogens (tertiary/aromatic N) is 3. The highest BCUT2D eigenvalue weighted by molar-refractivity contribution is 7.92. The fraction of sp³-hybridized carbons (Fsp3) is 0.263. The van der Waals surface area contributed by atoms with Crippen LogP contribution in [0.15, 0.2) is 53.4 Å². The molecule has 0 aliphatic carbocycles. The van der Waals surface area contributed by atoms with E-state index in [-0.39, 0.29) is 11.6 Å². The van der Waals surface area contributed by atoms with E-state index in [1.807, 2.05) is 0 Å². The predicted octanol–water partition coefficient (Wildman–Crippen LogP) is 3.29. The monoisotopic (exact) mass is 438 g/mol. The van der Waals surface area contributed by atoms with Crippen molar-refractivity contribution in [1.29, 1.82) is 0 Å². The van der Waals surface area contributed by atoms with Crippen molar-refractivity contribution in [3.8, 4) is 0 Å². The van der Waals surface area contributed by atoms with Crippen LogP contribution in [0.25, 0.3) is 11.0 Å². The number of halogens is 3. The van der Waals surface area contributed by atoms with Crippen LogP contribution in [0.1, 0.15) is 5.56 Å². The minimum atomic E-state index is -4.83. The number of aromatic nitrogens is 2. The van der Waals surface area contributed by atoms with Gasteiger partial charge >= 0.3 is 6.18 Å². The minimum absolute atomic E-state index is 0.132. The van der Waals surface area contributed by atoms with E-state index in [0.29, 0.717) is 37.3 Å². The summed E-state index contributed by atoms with van der Waals surface area (Å²) in [4.78, 5) is 9.76. The molecule has 0 unspecified atom stereocenters. The Morgan fingerprint density at radius 1 is 0.933 bits per heavy atom. The van der Waals surface area contributed by atoms with Crippen LogP contribution in [0, 0.1) is 0 Å². The number of para-hydroxylation sites is 2. The van der Waals surface area contributed by atoms with Crippen LogP contribution in [0.4, 0.5) is 24.8 Å². The molecular weight excluding hydrogens is 421 g/mol. The average molecular weight is 438 g/mol. The maximum Gasteiger partial charge on any atom is 0.417 e. The highest BCUT2D eigenvalue weighted by Gasteiger charge is 2.37. The third-order valence-electron chi connectivity index (χ3n) is 4.58. The number of rotatable bonds is 4. The third kappa shape index (κ3) is 4.03. The smallest absolute Gasteiger partial charge is 0.378 e. The summed E-state index contributed by atoms with van der Waals surface area (Å²) < 4.78 is 73.4. The molecule has 0 bridgehead atoms. The number of sulfonamides is 1. The van der Waals surface area contributed by atoms with Crippen molar-refractivity contribution in [2.24, 2.45) is 0 Å². The minimum Gasteiger partial charge on any atom is -0.378 e. The molecule has 1 fully saturated rings. The van der Waals surface area contributed by atoms with Gasteiger partial charge in [0.25, 0.3) is 10.0 Å². The van der Waals surface area contributed by atoms with Gasteiger partial charge in [-0.1, -0.05) is 24.3 Å². The van der Waals surface area contributed by atoms with E-state index in [1.54, 1.807) is 29.2 Å². The molecule has 0 radical (unpaired) electrons. The van der Waals surface area contributed by atoms with Gasteiger partial charge in [0.05, 0.1) is 34.7 Å². The second-order valence-electron chi connectivity index (χ2n) is 6.58. The number of morpholine rings is 1. The molecule has 1 N–H and O–H groups in total. The van der Waals surface area contributed by atoms with Crippen molar-refractivity contribution in [3.05, 3.63) is 54.1 Å². The first-order valence-electron chi connectivity index (χ1n) is 9.04. The van der Waals surface area contributed by atoms with Gasteiger partial charge < -0.3 is 9.64 Å². The fourth-order valence-corrected chi connectivity index (χ4v) is 4.40. The van der Waals surface area contributed by atoms with Gasteiger partial charge in [-0.2, -0.15) is 13.2 Å². The Bertz CT molecular complexity index is 1180. The van der Waals surface area contributed by atoms with Gasteiger partial charge in [-0.3, -0.25) is 4.72 Å². The first kappa shape index (κ1) is 20.4. The van der Waals surface area contributed by atoms with Crippen LogP contribution in [-0.2, 0) is 20.9 Å². The number of anilines is 2. The van der Waals surface area contributed by atoms with Crippen LogP contribution in [0.3, 0.4) is 0 Å². The van der Waals surface area contributed by atoms with Gasteiger partial charge in [0, 0.05) is 13.1 Å². The number of alkyl halides is 3. The van der Waals surface area contributed by atoms with Gasteiger partial charge in [-0.25, -0.2) is 18.4 Å². The van der Waals surface area contributed by atoms with E-state index in [4.69, 9.17) is 4.74 Å². The number of fused-ring (bicyclic) bond motifs is 1. The Labute approximate surface area is 170 Å². The first-order chi connectivity index (χ1) is 14.3. The second-order valence-corrected chi connectivity index (χ2v) is 8.23. The Balaban J connectivity index is 1.81. The SMILES string of the molecule is O=S(=O)(Nc1nc2ccccc2nc1N1CCOCC1)c1ccccc1C(F)(F)F. The van der Waals surface area contributed by atoms with Crippen molar-refractivity contribution < 1.29 is 26.3 Å². The molecule has 1 aliphatic rings. The summed E-state index contributed by atoms with van der Waals surface area (Å²) in [5.74, 6) is 0.109. The van der Waals surface area contributed by atoms with Crippen molar-refractivity contribution in [2.75, 3.05) is 35.9 Å². The van der Waals surface area contributed by atoms with Gasteiger partial charge in [0.15, 0.2) is 11.6 Å². The fourth-order valence-electron chi connectivity index (χ4n) is 3.17. The van der Waals surface area contributed by atoms with Crippen molar-refractivity contribution in [3.63, 3.8) is 0 Å². The summed E-state index contributed by atoms with van der Waals surface area (Å²) >= 11 is 0. The van der Waals surface area contributed by atoms with E-state index >= 15 is 0 Å². The molecule has 2 aromatic carbocycles. The van der Waals surface area contributed by atoms with Crippen LogP contribution < -0.4 is 9.62 Å². The van der Waals surface area contributed by atoms with E-state index in [9.17, 15) is 21.6 Å². The van der Waals surface area contributed by atoms with Crippen molar-refractivity contribution in [2.45, 2.75) is 11.1 Å². The largest absolute Gasteiger partial charge is 0.417 e. The molecule has 11 heteroatoms. The highest BCUT2D eigenvalue weighted by Crippen LogP contribution is 2.35. The van der Waals surface area contributed by atoms with Crippen molar-refractivity contribution in [1.82, 2.24) is 9.97 Å². The number of hydrogen-bond acceptors (Lipinski definition) is 6. The lowest BCUT2D eigenvalue weighted by molar-refractivity contribution is -0.139. The van der Waals surface area contributed by atoms with E-state index in [0.717, 1.165) is 18.2 Å². The molecule has 4 rings (SSSR count). The van der Waals surface area contributed by atoms with Crippen LogP contribution >= 0.6 is 0 Å². The van der Waals surface area contributed by atoms with Crippen LogP contribution in [0.2, 0.25) is 0 Å². The third-order valence-corrected chi connectivity index (χ3v) is 5.97. The Kier molecular flexibility index (Phi) is 5.24. The number of benzene rings is 2. The lowest BCUT2D eigenvalue weighted by Gasteiger charge is -2.29. The zero-order valence-electron chi connectivity index (χ0n) is 15.6. The molecule has 1 saturated heterocycles. The Morgan fingerprint density at radius 2 is 1.53 bits per heavy atom. The molecule has 30 heavy (non-hydrogen) atoms. The molecule has 0 amide bonds. The van der Waals surface area contributed by atoms with E-state index < -0.39 is 26.7 Å². The molecule has 3 aromatic rings. The lowest BCUT2D eigenvalue weighted by atomic mass is 10.2. The summed E-state index contributed by atoms with van der Waals surface area (Å²) in [6.45, 7) is 1.72. The molecule has 0 spiro atoms. The number of nitrogens with one attached hydrogen (secondary N) is 1. The summed E-state index contributed by atoms with van der Waals surface area (Å²) in [5, 5.41) is 0. The van der Waals surface area contributed by atoms with Gasteiger partial charge in [0.1, 0.15) is 0 Å². The predicted molar refractivity (Wildman–Crippen MR) is 105 cm³/mol. The highest BCUT2D eigenvalue weighted by atomic mass is 32.2. The quantitative estimate of drug-likeness (QED) is 0.673. The molecule has 0 saturated carbocycles. The molecule has 1 aliphatic heterocycles. The lowest BCUT2D eigenvalue weighted by Crippen LogP contribution is -2.37. The molecular formula is C19H17F3N4O3S. The average Bonchev–Trinajstić information content (AvgIpc) is 2.73. The Hall–Kier alpha value is -2.92. The topological polar surface area (TPSA) is 84.4 Å². The summed E-state index contributed by atoms with van der Waals surface area (Å²) in [7, 11) is -4.59. The van der Waals surface area contributed by atoms with Gasteiger partial charge in [-0.15, -0.1) is 0 Å².